The summed E-state index contributed by atoms with van der Waals surface area (Å²) in [4.78, 5) is 30.9. The van der Waals surface area contributed by atoms with Gasteiger partial charge < -0.3 is 29.3 Å². The number of aromatic nitrogens is 2. The molecule has 1 aliphatic carbocycles. The van der Waals surface area contributed by atoms with Gasteiger partial charge in [-0.15, -0.1) is 0 Å². The van der Waals surface area contributed by atoms with Crippen LogP contribution < -0.4 is 14.8 Å². The zero-order valence-corrected chi connectivity index (χ0v) is 25.2. The van der Waals surface area contributed by atoms with Gasteiger partial charge in [-0.3, -0.25) is 14.3 Å². The predicted octanol–water partition coefficient (Wildman–Crippen LogP) is 4.15. The number of likely N-dealkylation sites (N-methyl/N-ethyl adjacent to an activating group) is 1. The van der Waals surface area contributed by atoms with E-state index >= 15 is 0 Å². The molecule has 1 saturated heterocycles. The molecule has 2 fully saturated rings. The number of nitrogens with one attached hydrogen (secondary N) is 1. The van der Waals surface area contributed by atoms with Crippen LogP contribution in [-0.2, 0) is 9.53 Å². The lowest BCUT2D eigenvalue weighted by molar-refractivity contribution is -0.131. The Balaban J connectivity index is 1.58. The zero-order valence-electron chi connectivity index (χ0n) is 25.2. The van der Waals surface area contributed by atoms with Crippen molar-refractivity contribution in [3.63, 3.8) is 0 Å². The van der Waals surface area contributed by atoms with E-state index in [0.717, 1.165) is 56.6 Å². The highest BCUT2D eigenvalue weighted by molar-refractivity contribution is 5.94. The number of ether oxygens (including phenoxy) is 3. The van der Waals surface area contributed by atoms with Crippen LogP contribution in [0.25, 0.3) is 11.3 Å². The first kappa shape index (κ1) is 30.8. The third kappa shape index (κ3) is 8.01. The third-order valence-electron chi connectivity index (χ3n) is 8.38. The number of hydrogen-bond acceptors (Lipinski definition) is 7. The summed E-state index contributed by atoms with van der Waals surface area (Å²) in [6.45, 7) is 3.97. The van der Waals surface area contributed by atoms with Gasteiger partial charge in [0.2, 0.25) is 5.91 Å². The molecule has 0 bridgehead atoms. The molecule has 1 N–H and O–H groups in total. The summed E-state index contributed by atoms with van der Waals surface area (Å²) < 4.78 is 18.5. The van der Waals surface area contributed by atoms with E-state index in [4.69, 9.17) is 19.3 Å². The molecule has 2 aliphatic rings. The Morgan fingerprint density at radius 3 is 2.37 bits per heavy atom. The number of hydrogen-bond donors (Lipinski definition) is 1. The van der Waals surface area contributed by atoms with Crippen LogP contribution in [0.2, 0.25) is 0 Å². The van der Waals surface area contributed by atoms with Crippen LogP contribution >= 0.6 is 0 Å². The molecule has 1 aromatic heterocycles. The highest BCUT2D eigenvalue weighted by Gasteiger charge is 2.28. The maximum Gasteiger partial charge on any atom is 0.272 e. The molecule has 226 valence electrons. The van der Waals surface area contributed by atoms with Gasteiger partial charge in [0.25, 0.3) is 5.91 Å². The number of nitrogens with zero attached hydrogens (tertiary/aromatic N) is 4. The number of carbonyl (C=O) groups is 2. The van der Waals surface area contributed by atoms with Crippen molar-refractivity contribution in [3.8, 4) is 22.8 Å². The molecule has 0 spiro atoms. The minimum Gasteiger partial charge on any atom is -0.496 e. The van der Waals surface area contributed by atoms with Crippen LogP contribution in [0.15, 0.2) is 24.3 Å². The van der Waals surface area contributed by atoms with Gasteiger partial charge in [-0.1, -0.05) is 25.3 Å². The van der Waals surface area contributed by atoms with E-state index in [1.54, 1.807) is 33.3 Å². The van der Waals surface area contributed by atoms with Gasteiger partial charge in [-0.05, 0) is 63.4 Å². The fourth-order valence-electron chi connectivity index (χ4n) is 5.95. The number of amides is 2. The first-order valence-corrected chi connectivity index (χ1v) is 15.0. The molecule has 4 rings (SSSR count). The average molecular weight is 570 g/mol. The smallest absolute Gasteiger partial charge is 0.272 e. The van der Waals surface area contributed by atoms with Crippen molar-refractivity contribution in [3.05, 3.63) is 30.0 Å². The lowest BCUT2D eigenvalue weighted by atomic mass is 10.1. The van der Waals surface area contributed by atoms with Crippen LogP contribution in [0.3, 0.4) is 0 Å². The second-order valence-corrected chi connectivity index (χ2v) is 11.2. The normalized spacial score (nSPS) is 16.9. The molecule has 1 aliphatic heterocycles. The van der Waals surface area contributed by atoms with Crippen LogP contribution in [0, 0.1) is 0 Å². The van der Waals surface area contributed by atoms with Crippen molar-refractivity contribution in [2.45, 2.75) is 69.9 Å². The summed E-state index contributed by atoms with van der Waals surface area (Å²) >= 11 is 0. The first-order valence-electron chi connectivity index (χ1n) is 15.0. The number of benzene rings is 1. The Hall–Kier alpha value is -3.11. The molecule has 2 amide bonds. The van der Waals surface area contributed by atoms with Gasteiger partial charge in [0.05, 0.1) is 38.1 Å². The number of piperidine rings is 1. The van der Waals surface area contributed by atoms with E-state index in [2.05, 4.69) is 10.2 Å². The van der Waals surface area contributed by atoms with Gasteiger partial charge in [-0.25, -0.2) is 0 Å². The number of rotatable bonds is 14. The predicted molar refractivity (Wildman–Crippen MR) is 159 cm³/mol. The van der Waals surface area contributed by atoms with Gasteiger partial charge in [0.1, 0.15) is 11.5 Å². The molecule has 1 atom stereocenters. The Kier molecular flexibility index (Phi) is 11.4. The maximum absolute atomic E-state index is 13.7. The second kappa shape index (κ2) is 15.2. The Morgan fingerprint density at radius 1 is 1.05 bits per heavy atom. The van der Waals surface area contributed by atoms with Crippen molar-refractivity contribution in [1.82, 2.24) is 24.9 Å². The van der Waals surface area contributed by atoms with Gasteiger partial charge >= 0.3 is 0 Å². The van der Waals surface area contributed by atoms with Gasteiger partial charge in [-0.2, -0.15) is 5.10 Å². The average Bonchev–Trinajstić information content (AvgIpc) is 3.69. The Bertz CT molecular complexity index is 1120. The molecular weight excluding hydrogens is 522 g/mol. The molecule has 1 saturated carbocycles. The Morgan fingerprint density at radius 2 is 1.73 bits per heavy atom. The van der Waals surface area contributed by atoms with Crippen molar-refractivity contribution >= 4 is 11.8 Å². The number of carbonyl (C=O) groups excluding carboxylic acids is 2. The standard InChI is InChI=1S/C31H47N5O5/c1-34(19-20-39-2)29(37)21-23(15-18-35-16-8-5-9-17-35)32-31(38)25-22-26(36(33-25)24-11-6-7-12-24)30-27(40-3)13-10-14-28(30)41-4/h10,13-14,22-24H,5-9,11-12,15-21H2,1-4H3,(H,32,38)/t23-/m0/s1. The van der Waals surface area contributed by atoms with E-state index < -0.39 is 0 Å². The van der Waals surface area contributed by atoms with Crippen LogP contribution in [0.5, 0.6) is 11.5 Å². The summed E-state index contributed by atoms with van der Waals surface area (Å²) in [6, 6.07) is 7.41. The summed E-state index contributed by atoms with van der Waals surface area (Å²) in [6.07, 6.45) is 8.87. The van der Waals surface area contributed by atoms with Crippen molar-refractivity contribution in [2.24, 2.45) is 0 Å². The van der Waals surface area contributed by atoms with E-state index in [9.17, 15) is 9.59 Å². The molecule has 1 aromatic carbocycles. The molecule has 0 radical (unpaired) electrons. The quantitative estimate of drug-likeness (QED) is 0.365. The van der Waals surface area contributed by atoms with Gasteiger partial charge in [0.15, 0.2) is 5.69 Å². The second-order valence-electron chi connectivity index (χ2n) is 11.2. The third-order valence-corrected chi connectivity index (χ3v) is 8.38. The lowest BCUT2D eigenvalue weighted by Crippen LogP contribution is -2.43. The molecule has 2 heterocycles. The summed E-state index contributed by atoms with van der Waals surface area (Å²) in [5.74, 6) is 1.05. The van der Waals surface area contributed by atoms with Gasteiger partial charge in [0, 0.05) is 39.7 Å². The topological polar surface area (TPSA) is 98.2 Å². The van der Waals surface area contributed by atoms with Crippen LogP contribution in [0.1, 0.15) is 74.3 Å². The first-order chi connectivity index (χ1) is 19.9. The van der Waals surface area contributed by atoms with Crippen LogP contribution in [-0.4, -0.2) is 98.6 Å². The maximum atomic E-state index is 13.7. The monoisotopic (exact) mass is 569 g/mol. The van der Waals surface area contributed by atoms with Crippen molar-refractivity contribution < 1.29 is 23.8 Å². The minimum atomic E-state index is -0.303. The molecule has 0 unspecified atom stereocenters. The summed E-state index contributed by atoms with van der Waals surface area (Å²) in [5.41, 5.74) is 1.92. The Labute approximate surface area is 244 Å². The van der Waals surface area contributed by atoms with E-state index in [1.165, 1.54) is 19.3 Å². The minimum absolute atomic E-state index is 0.0121. The van der Waals surface area contributed by atoms with E-state index in [1.807, 2.05) is 28.9 Å². The van der Waals surface area contributed by atoms with Crippen LogP contribution in [0.4, 0.5) is 0 Å². The van der Waals surface area contributed by atoms with E-state index in [0.29, 0.717) is 36.8 Å². The zero-order chi connectivity index (χ0) is 29.2. The van der Waals surface area contributed by atoms with Crippen molar-refractivity contribution in [2.75, 3.05) is 61.2 Å². The SMILES string of the molecule is COCCN(C)C(=O)C[C@H](CCN1CCCCC1)NC(=O)c1cc(-c2c(OC)cccc2OC)n(C2CCCC2)n1. The number of methoxy groups -OCH3 is 3. The summed E-state index contributed by atoms with van der Waals surface area (Å²) in [5, 5.41) is 8.02. The molecule has 10 nitrogen and oxygen atoms in total. The number of likely N-dealkylation sites (tertiary alicyclic amines) is 1. The lowest BCUT2D eigenvalue weighted by Gasteiger charge is -2.29. The summed E-state index contributed by atoms with van der Waals surface area (Å²) in [7, 11) is 6.67. The molecule has 41 heavy (non-hydrogen) atoms. The van der Waals surface area contributed by atoms with Crippen molar-refractivity contribution in [1.29, 1.82) is 0 Å². The fourth-order valence-corrected chi connectivity index (χ4v) is 5.95. The van der Waals surface area contributed by atoms with E-state index in [-0.39, 0.29) is 30.3 Å². The largest absolute Gasteiger partial charge is 0.496 e. The molecule has 10 heteroatoms. The fraction of sp³-hybridized carbons (Fsp3) is 0.645. The molecular formula is C31H47N5O5. The highest BCUT2D eigenvalue weighted by atomic mass is 16.5. The highest BCUT2D eigenvalue weighted by Crippen LogP contribution is 2.41. The molecule has 2 aromatic rings.